The van der Waals surface area contributed by atoms with Gasteiger partial charge < -0.3 is 4.74 Å². The van der Waals surface area contributed by atoms with Gasteiger partial charge in [0.15, 0.2) is 12.4 Å². The lowest BCUT2D eigenvalue weighted by Gasteiger charge is -2.55. The van der Waals surface area contributed by atoms with Gasteiger partial charge in [-0.05, 0) is 74.5 Å². The highest BCUT2D eigenvalue weighted by Gasteiger charge is 2.54. The molecule has 0 amide bonds. The average Bonchev–Trinajstić information content (AvgIpc) is 2.69. The number of carbonyl (C=O) groups excluding carboxylic acids is 2. The molecular formula is C21H24F3NO5S. The molecule has 4 bridgehead atoms. The maximum Gasteiger partial charge on any atom is 0.416 e. The van der Waals surface area contributed by atoms with Crippen molar-refractivity contribution < 1.29 is 35.9 Å². The van der Waals surface area contributed by atoms with Crippen LogP contribution in [-0.4, -0.2) is 33.3 Å². The number of rotatable bonds is 7. The van der Waals surface area contributed by atoms with Crippen LogP contribution in [0.15, 0.2) is 29.2 Å². The van der Waals surface area contributed by atoms with E-state index in [1.165, 1.54) is 19.3 Å². The molecule has 31 heavy (non-hydrogen) atoms. The zero-order valence-electron chi connectivity index (χ0n) is 16.8. The number of halogens is 3. The molecule has 1 aromatic rings. The quantitative estimate of drug-likeness (QED) is 0.632. The van der Waals surface area contributed by atoms with Crippen molar-refractivity contribution in [3.63, 3.8) is 0 Å². The van der Waals surface area contributed by atoms with Crippen LogP contribution in [0, 0.1) is 23.2 Å². The number of esters is 1. The predicted octanol–water partition coefficient (Wildman–Crippen LogP) is 3.31. The normalized spacial score (nSPS) is 29.7. The second kappa shape index (κ2) is 7.88. The van der Waals surface area contributed by atoms with Crippen molar-refractivity contribution in [1.29, 1.82) is 0 Å². The summed E-state index contributed by atoms with van der Waals surface area (Å²) in [5.41, 5.74) is -1.54. The molecule has 0 spiro atoms. The van der Waals surface area contributed by atoms with E-state index in [1.54, 1.807) is 0 Å². The lowest BCUT2D eigenvalue weighted by molar-refractivity contribution is -0.157. The summed E-state index contributed by atoms with van der Waals surface area (Å²) in [7, 11) is -4.35. The third-order valence-corrected chi connectivity index (χ3v) is 8.27. The van der Waals surface area contributed by atoms with Gasteiger partial charge in [-0.3, -0.25) is 9.59 Å². The Balaban J connectivity index is 1.31. The maximum atomic E-state index is 12.8. The predicted molar refractivity (Wildman–Crippen MR) is 103 cm³/mol. The molecule has 0 aliphatic heterocycles. The van der Waals surface area contributed by atoms with E-state index in [4.69, 9.17) is 4.74 Å². The number of nitrogens with one attached hydrogen (secondary N) is 1. The summed E-state index contributed by atoms with van der Waals surface area (Å²) in [6, 6.07) is 3.22. The lowest BCUT2D eigenvalue weighted by Crippen LogP contribution is -2.51. The molecule has 5 rings (SSSR count). The van der Waals surface area contributed by atoms with E-state index in [0.29, 0.717) is 23.8 Å². The summed E-state index contributed by atoms with van der Waals surface area (Å²) in [5, 5.41) is 0. The number of hydrogen-bond donors (Lipinski definition) is 1. The smallest absolute Gasteiger partial charge is 0.416 e. The van der Waals surface area contributed by atoms with Crippen molar-refractivity contribution in [3.8, 4) is 0 Å². The number of Topliss-reactive ketones (excluding diaryl/α,β-unsaturated/α-hetero) is 1. The van der Waals surface area contributed by atoms with Crippen LogP contribution in [0.5, 0.6) is 0 Å². The number of benzene rings is 1. The Morgan fingerprint density at radius 1 is 1.06 bits per heavy atom. The van der Waals surface area contributed by atoms with Crippen molar-refractivity contribution in [3.05, 3.63) is 29.8 Å². The number of sulfonamides is 1. The van der Waals surface area contributed by atoms with Gasteiger partial charge in [0, 0.05) is 5.41 Å². The third kappa shape index (κ3) is 4.64. The highest BCUT2D eigenvalue weighted by atomic mass is 32.2. The number of carbonyl (C=O) groups is 2. The average molecular weight is 459 g/mol. The largest absolute Gasteiger partial charge is 0.457 e. The van der Waals surface area contributed by atoms with E-state index in [1.807, 2.05) is 4.72 Å². The summed E-state index contributed by atoms with van der Waals surface area (Å²) < 4.78 is 69.8. The Kier molecular flexibility index (Phi) is 5.66. The molecule has 1 N–H and O–H groups in total. The number of alkyl halides is 3. The molecule has 0 atom stereocenters. The van der Waals surface area contributed by atoms with E-state index in [0.717, 1.165) is 37.5 Å². The molecule has 0 radical (unpaired) electrons. The van der Waals surface area contributed by atoms with E-state index < -0.39 is 51.2 Å². The van der Waals surface area contributed by atoms with Crippen LogP contribution in [0.2, 0.25) is 0 Å². The van der Waals surface area contributed by atoms with Gasteiger partial charge in [0.2, 0.25) is 10.0 Å². The molecular weight excluding hydrogens is 435 g/mol. The van der Waals surface area contributed by atoms with Crippen LogP contribution in [0.4, 0.5) is 13.2 Å². The maximum absolute atomic E-state index is 12.8. The van der Waals surface area contributed by atoms with Gasteiger partial charge in [0.25, 0.3) is 0 Å². The van der Waals surface area contributed by atoms with Crippen molar-refractivity contribution in [1.82, 2.24) is 4.72 Å². The fourth-order valence-corrected chi connectivity index (χ4v) is 6.89. The molecule has 6 nitrogen and oxygen atoms in total. The Morgan fingerprint density at radius 2 is 1.65 bits per heavy atom. The Morgan fingerprint density at radius 3 is 2.19 bits per heavy atom. The monoisotopic (exact) mass is 459 g/mol. The molecule has 4 aliphatic carbocycles. The fraction of sp³-hybridized carbons (Fsp3) is 0.619. The van der Waals surface area contributed by atoms with Gasteiger partial charge in [0.1, 0.15) is 6.54 Å². The molecule has 170 valence electrons. The van der Waals surface area contributed by atoms with Gasteiger partial charge in [-0.1, -0.05) is 6.07 Å². The topological polar surface area (TPSA) is 89.5 Å². The fourth-order valence-electron chi connectivity index (χ4n) is 5.88. The summed E-state index contributed by atoms with van der Waals surface area (Å²) in [6.07, 6.45) is 1.31. The molecule has 1 aromatic carbocycles. The van der Waals surface area contributed by atoms with E-state index in [-0.39, 0.29) is 5.78 Å². The SMILES string of the molecule is O=C(CNS(=O)(=O)c1cccc(C(F)(F)F)c1)OCC(=O)C12CC3CC(CC(C3)C1)C2. The van der Waals surface area contributed by atoms with Crippen LogP contribution in [0.25, 0.3) is 0 Å². The van der Waals surface area contributed by atoms with Crippen molar-refractivity contribution in [2.45, 2.75) is 49.6 Å². The van der Waals surface area contributed by atoms with Gasteiger partial charge in [-0.25, -0.2) is 8.42 Å². The standard InChI is InChI=1S/C21H24F3NO5S/c22-21(23,24)16-2-1-3-17(7-16)31(28,29)25-11-19(27)30-12-18(26)20-8-13-4-14(9-20)6-15(5-13)10-20/h1-3,7,13-15,25H,4-6,8-12H2. The lowest BCUT2D eigenvalue weighted by atomic mass is 9.48. The molecule has 4 fully saturated rings. The second-order valence-electron chi connectivity index (χ2n) is 9.13. The zero-order chi connectivity index (χ0) is 22.4. The van der Waals surface area contributed by atoms with Gasteiger partial charge in [0.05, 0.1) is 10.5 Å². The first-order valence-corrected chi connectivity index (χ1v) is 11.8. The molecule has 0 aromatic heterocycles. The molecule has 4 saturated carbocycles. The first kappa shape index (κ1) is 22.3. The summed E-state index contributed by atoms with van der Waals surface area (Å²) >= 11 is 0. The zero-order valence-corrected chi connectivity index (χ0v) is 17.6. The van der Waals surface area contributed by atoms with Crippen LogP contribution in [0.3, 0.4) is 0 Å². The molecule has 4 aliphatic rings. The highest BCUT2D eigenvalue weighted by molar-refractivity contribution is 7.89. The Labute approximate surface area is 178 Å². The number of ketones is 1. The van der Waals surface area contributed by atoms with Gasteiger partial charge >= 0.3 is 12.1 Å². The second-order valence-corrected chi connectivity index (χ2v) is 10.9. The van der Waals surface area contributed by atoms with E-state index >= 15 is 0 Å². The van der Waals surface area contributed by atoms with Crippen molar-refractivity contribution in [2.75, 3.05) is 13.2 Å². The van der Waals surface area contributed by atoms with Crippen LogP contribution >= 0.6 is 0 Å². The minimum absolute atomic E-state index is 0.110. The Hall–Kier alpha value is -1.94. The van der Waals surface area contributed by atoms with E-state index in [9.17, 15) is 31.2 Å². The molecule has 0 saturated heterocycles. The van der Waals surface area contributed by atoms with Crippen LogP contribution < -0.4 is 4.72 Å². The van der Waals surface area contributed by atoms with Crippen LogP contribution in [0.1, 0.15) is 44.1 Å². The summed E-state index contributed by atoms with van der Waals surface area (Å²) in [5.74, 6) is 0.620. The third-order valence-electron chi connectivity index (χ3n) is 6.87. The summed E-state index contributed by atoms with van der Waals surface area (Å²) in [6.45, 7) is -1.18. The first-order valence-electron chi connectivity index (χ1n) is 10.3. The van der Waals surface area contributed by atoms with Crippen LogP contribution in [-0.2, 0) is 30.5 Å². The van der Waals surface area contributed by atoms with Crippen molar-refractivity contribution in [2.24, 2.45) is 23.2 Å². The number of hydrogen-bond acceptors (Lipinski definition) is 5. The van der Waals surface area contributed by atoms with Crippen molar-refractivity contribution >= 4 is 21.8 Å². The molecule has 0 unspecified atom stereocenters. The van der Waals surface area contributed by atoms with Gasteiger partial charge in [-0.2, -0.15) is 17.9 Å². The number of ether oxygens (including phenoxy) is 1. The van der Waals surface area contributed by atoms with E-state index in [2.05, 4.69) is 0 Å². The van der Waals surface area contributed by atoms with Gasteiger partial charge in [-0.15, -0.1) is 0 Å². The minimum Gasteiger partial charge on any atom is -0.457 e. The molecule has 0 heterocycles. The summed E-state index contributed by atoms with van der Waals surface area (Å²) in [4.78, 5) is 24.2. The molecule has 10 heteroatoms. The minimum atomic E-state index is -4.69. The highest BCUT2D eigenvalue weighted by Crippen LogP contribution is 2.60. The first-order chi connectivity index (χ1) is 14.5. The Bertz CT molecular complexity index is 954.